The molecule has 2 N–H and O–H groups in total. The summed E-state index contributed by atoms with van der Waals surface area (Å²) in [7, 11) is 2.95. The summed E-state index contributed by atoms with van der Waals surface area (Å²) in [6.45, 7) is -0.0168. The van der Waals surface area contributed by atoms with E-state index >= 15 is 0 Å². The first-order chi connectivity index (χ1) is 15.9. The van der Waals surface area contributed by atoms with E-state index in [0.29, 0.717) is 39.9 Å². The Kier molecular flexibility index (Phi) is 4.85. The monoisotopic (exact) mass is 454 g/mol. The number of benzene rings is 2. The van der Waals surface area contributed by atoms with Crippen LogP contribution in [0.5, 0.6) is 23.0 Å². The number of anilines is 1. The van der Waals surface area contributed by atoms with Crippen molar-refractivity contribution in [3.05, 3.63) is 59.2 Å². The number of rotatable bonds is 5. The number of fused-ring (bicyclic) bond motifs is 2. The number of hydrogen-bond acceptors (Lipinski definition) is 6. The molecule has 1 amide bonds. The number of amides is 1. The molecule has 0 bridgehead atoms. The Hall–Kier alpha value is -4.21. The van der Waals surface area contributed by atoms with Crippen LogP contribution in [0.15, 0.2) is 36.5 Å². The number of nitrogens with zero attached hydrogens (tertiary/aromatic N) is 1. The van der Waals surface area contributed by atoms with Crippen molar-refractivity contribution < 1.29 is 38.0 Å². The molecule has 0 radical (unpaired) electrons. The number of carboxylic acid groups (broad SMARTS) is 1. The number of halogens is 1. The molecule has 5 rings (SSSR count). The second-order valence-electron chi connectivity index (χ2n) is 7.53. The second kappa shape index (κ2) is 7.73. The Bertz CT molecular complexity index is 1280. The highest BCUT2D eigenvalue weighted by Gasteiger charge is 2.38. The first-order valence-corrected chi connectivity index (χ1v) is 10.0. The topological polar surface area (TPSA) is 108 Å². The highest BCUT2D eigenvalue weighted by Crippen LogP contribution is 2.54. The normalized spacial score (nSPS) is 16.2. The van der Waals surface area contributed by atoms with Crippen molar-refractivity contribution in [2.45, 2.75) is 12.3 Å². The van der Waals surface area contributed by atoms with Gasteiger partial charge in [0.25, 0.3) is 0 Å². The van der Waals surface area contributed by atoms with Crippen molar-refractivity contribution in [3.63, 3.8) is 0 Å². The van der Waals surface area contributed by atoms with Gasteiger partial charge in [0.15, 0.2) is 11.5 Å². The molecule has 2 aromatic carbocycles. The van der Waals surface area contributed by atoms with Gasteiger partial charge in [-0.05, 0) is 30.3 Å². The van der Waals surface area contributed by atoms with E-state index in [9.17, 15) is 19.1 Å². The fourth-order valence-corrected chi connectivity index (χ4v) is 4.36. The Morgan fingerprint density at radius 3 is 2.58 bits per heavy atom. The molecule has 0 aliphatic carbocycles. The summed E-state index contributed by atoms with van der Waals surface area (Å²) in [5.41, 5.74) is 1.70. The van der Waals surface area contributed by atoms with Crippen LogP contribution in [0.2, 0.25) is 0 Å². The summed E-state index contributed by atoms with van der Waals surface area (Å²) < 4.78 is 37.4. The third-order valence-corrected chi connectivity index (χ3v) is 5.75. The first kappa shape index (κ1) is 20.7. The molecule has 2 aliphatic rings. The maximum atomic E-state index is 13.6. The summed E-state index contributed by atoms with van der Waals surface area (Å²) in [5.74, 6) is -1.12. The van der Waals surface area contributed by atoms with Crippen molar-refractivity contribution in [2.24, 2.45) is 0 Å². The van der Waals surface area contributed by atoms with Gasteiger partial charge in [0.1, 0.15) is 11.4 Å². The first-order valence-electron chi connectivity index (χ1n) is 10.0. The molecular formula is C23H19FN2O7. The number of methoxy groups -OCH3 is 2. The lowest BCUT2D eigenvalue weighted by molar-refractivity contribution is -0.116. The molecule has 9 nitrogen and oxygen atoms in total. The van der Waals surface area contributed by atoms with Crippen molar-refractivity contribution in [1.82, 2.24) is 4.57 Å². The zero-order valence-corrected chi connectivity index (χ0v) is 17.7. The highest BCUT2D eigenvalue weighted by atomic mass is 19.1. The van der Waals surface area contributed by atoms with Crippen molar-refractivity contribution >= 4 is 17.6 Å². The van der Waals surface area contributed by atoms with E-state index in [4.69, 9.17) is 18.9 Å². The van der Waals surface area contributed by atoms with Crippen molar-refractivity contribution in [3.8, 4) is 28.7 Å². The maximum Gasteiger partial charge on any atom is 0.339 e. The van der Waals surface area contributed by atoms with E-state index in [1.54, 1.807) is 10.6 Å². The number of carboxylic acids is 1. The van der Waals surface area contributed by atoms with Crippen LogP contribution < -0.4 is 24.3 Å². The second-order valence-corrected chi connectivity index (χ2v) is 7.53. The molecule has 1 atom stereocenters. The number of hydrogen-bond donors (Lipinski definition) is 2. The van der Waals surface area contributed by atoms with Crippen molar-refractivity contribution in [1.29, 1.82) is 0 Å². The largest absolute Gasteiger partial charge is 0.493 e. The minimum Gasteiger partial charge on any atom is -0.493 e. The lowest BCUT2D eigenvalue weighted by atomic mass is 9.87. The van der Waals surface area contributed by atoms with E-state index in [1.165, 1.54) is 44.7 Å². The summed E-state index contributed by atoms with van der Waals surface area (Å²) in [6, 6.07) is 7.33. The van der Waals surface area contributed by atoms with Gasteiger partial charge >= 0.3 is 5.97 Å². The summed E-state index contributed by atoms with van der Waals surface area (Å²) >= 11 is 0. The van der Waals surface area contributed by atoms with Gasteiger partial charge in [-0.2, -0.15) is 0 Å². The molecular weight excluding hydrogens is 435 g/mol. The molecule has 170 valence electrons. The molecule has 33 heavy (non-hydrogen) atoms. The van der Waals surface area contributed by atoms with Gasteiger partial charge in [0, 0.05) is 29.8 Å². The fraction of sp³-hybridized carbons (Fsp3) is 0.217. The fourth-order valence-electron chi connectivity index (χ4n) is 4.36. The van der Waals surface area contributed by atoms with Crippen LogP contribution in [0.4, 0.5) is 10.1 Å². The average Bonchev–Trinajstić information content (AvgIpc) is 3.43. The molecule has 3 heterocycles. The number of ether oxygens (including phenoxy) is 4. The zero-order chi connectivity index (χ0) is 23.3. The van der Waals surface area contributed by atoms with E-state index < -0.39 is 17.7 Å². The standard InChI is InChI=1S/C23H19FN2O7/c1-30-16-7-14(20(31-2)22-21(16)32-10-33-22)13-8-17(27)25-18-15(23(28)29)9-26(19(13)18)12-5-3-11(24)4-6-12/h3-7,9,13H,8,10H2,1-2H3,(H,25,27)(H,28,29)/t13-/m1/s1. The van der Waals surface area contributed by atoms with Crippen LogP contribution in [-0.2, 0) is 4.79 Å². The number of aromatic carboxylic acids is 1. The lowest BCUT2D eigenvalue weighted by Crippen LogP contribution is -2.26. The Balaban J connectivity index is 1.79. The van der Waals surface area contributed by atoms with Gasteiger partial charge < -0.3 is 33.9 Å². The predicted molar refractivity (Wildman–Crippen MR) is 113 cm³/mol. The van der Waals surface area contributed by atoms with Gasteiger partial charge in [-0.3, -0.25) is 4.79 Å². The molecule has 0 spiro atoms. The smallest absolute Gasteiger partial charge is 0.339 e. The molecule has 0 unspecified atom stereocenters. The van der Waals surface area contributed by atoms with Gasteiger partial charge in [-0.25, -0.2) is 9.18 Å². The third-order valence-electron chi connectivity index (χ3n) is 5.75. The quantitative estimate of drug-likeness (QED) is 0.607. The van der Waals surface area contributed by atoms with Gasteiger partial charge in [0.05, 0.1) is 25.6 Å². The van der Waals surface area contributed by atoms with Crippen molar-refractivity contribution in [2.75, 3.05) is 26.3 Å². The van der Waals surface area contributed by atoms with Crippen LogP contribution in [-0.4, -0.2) is 42.6 Å². The van der Waals surface area contributed by atoms with E-state index in [0.717, 1.165) is 0 Å². The zero-order valence-electron chi connectivity index (χ0n) is 17.7. The molecule has 0 saturated heterocycles. The summed E-state index contributed by atoms with van der Waals surface area (Å²) in [6.07, 6.45) is 1.42. The van der Waals surface area contributed by atoms with Crippen LogP contribution >= 0.6 is 0 Å². The number of aromatic nitrogens is 1. The highest BCUT2D eigenvalue weighted by molar-refractivity contribution is 6.04. The predicted octanol–water partition coefficient (Wildman–Crippen LogP) is 3.53. The van der Waals surface area contributed by atoms with Crippen LogP contribution in [0.3, 0.4) is 0 Å². The van der Waals surface area contributed by atoms with Gasteiger partial charge in [-0.15, -0.1) is 0 Å². The van der Waals surface area contributed by atoms with E-state index in [-0.39, 0.29) is 30.4 Å². The number of nitrogens with one attached hydrogen (secondary N) is 1. The minimum absolute atomic E-state index is 0.0103. The number of carbonyl (C=O) groups excluding carboxylic acids is 1. The van der Waals surface area contributed by atoms with Gasteiger partial charge in [-0.1, -0.05) is 0 Å². The SMILES string of the molecule is COc1cc([C@H]2CC(=O)Nc3c(C(=O)O)cn(-c4ccc(F)cc4)c32)c(OC)c2c1OCO2. The Morgan fingerprint density at radius 2 is 1.91 bits per heavy atom. The molecule has 2 aliphatic heterocycles. The van der Waals surface area contributed by atoms with Crippen LogP contribution in [0, 0.1) is 5.82 Å². The average molecular weight is 454 g/mol. The molecule has 0 fully saturated rings. The molecule has 0 saturated carbocycles. The molecule has 3 aromatic rings. The Morgan fingerprint density at radius 1 is 1.18 bits per heavy atom. The van der Waals surface area contributed by atoms with Crippen LogP contribution in [0.1, 0.15) is 34.0 Å². The van der Waals surface area contributed by atoms with Crippen LogP contribution in [0.25, 0.3) is 5.69 Å². The van der Waals surface area contributed by atoms with E-state index in [2.05, 4.69) is 5.32 Å². The van der Waals surface area contributed by atoms with E-state index in [1.807, 2.05) is 0 Å². The molecule has 1 aromatic heterocycles. The lowest BCUT2D eigenvalue weighted by Gasteiger charge is -2.28. The molecule has 10 heteroatoms. The summed E-state index contributed by atoms with van der Waals surface area (Å²) in [5, 5.41) is 12.5. The van der Waals surface area contributed by atoms with Gasteiger partial charge in [0.2, 0.25) is 24.2 Å². The number of carbonyl (C=O) groups is 2. The minimum atomic E-state index is -1.21. The maximum absolute atomic E-state index is 13.6. The third kappa shape index (κ3) is 3.22. The Labute approximate surface area is 187 Å². The summed E-state index contributed by atoms with van der Waals surface area (Å²) in [4.78, 5) is 24.7.